The predicted octanol–water partition coefficient (Wildman–Crippen LogP) is 2.22. The first-order chi connectivity index (χ1) is 16.0. The minimum Gasteiger partial charge on any atom is -0.347 e. The first-order valence-corrected chi connectivity index (χ1v) is 9.99. The number of halogens is 1. The van der Waals surface area contributed by atoms with Crippen LogP contribution in [-0.2, 0) is 6.54 Å². The quantitative estimate of drug-likeness (QED) is 0.396. The van der Waals surface area contributed by atoms with Gasteiger partial charge in [0.1, 0.15) is 23.5 Å². The number of amides is 2. The van der Waals surface area contributed by atoms with Crippen molar-refractivity contribution in [3.8, 4) is 11.4 Å². The summed E-state index contributed by atoms with van der Waals surface area (Å²) in [4.78, 5) is 33.0. The number of hydrogen-bond donors (Lipinski definition) is 3. The fraction of sp³-hybridized carbons (Fsp3) is 0.136. The summed E-state index contributed by atoms with van der Waals surface area (Å²) in [5, 5.41) is 19.2. The zero-order chi connectivity index (χ0) is 23.2. The average molecular weight is 446 g/mol. The van der Waals surface area contributed by atoms with Gasteiger partial charge in [0.2, 0.25) is 0 Å². The molecule has 0 saturated heterocycles. The van der Waals surface area contributed by atoms with Gasteiger partial charge in [-0.2, -0.15) is 0 Å². The largest absolute Gasteiger partial charge is 0.347 e. The van der Waals surface area contributed by atoms with Crippen LogP contribution in [0, 0.1) is 5.82 Å². The van der Waals surface area contributed by atoms with E-state index in [1.807, 2.05) is 31.2 Å². The molecular formula is C22H19FN8O2. The van der Waals surface area contributed by atoms with Crippen molar-refractivity contribution in [2.24, 2.45) is 0 Å². The highest BCUT2D eigenvalue weighted by atomic mass is 19.1. The molecule has 0 bridgehead atoms. The van der Waals surface area contributed by atoms with Crippen LogP contribution in [-0.4, -0.2) is 42.4 Å². The van der Waals surface area contributed by atoms with E-state index in [1.165, 1.54) is 18.2 Å². The molecule has 2 amide bonds. The Kier molecular flexibility index (Phi) is 6.39. The fourth-order valence-corrected chi connectivity index (χ4v) is 3.05. The summed E-state index contributed by atoms with van der Waals surface area (Å²) in [6, 6.07) is 14.2. The number of hydrogen-bond acceptors (Lipinski definition) is 7. The third-order valence-corrected chi connectivity index (χ3v) is 4.88. The Hall–Kier alpha value is -4.54. The summed E-state index contributed by atoms with van der Waals surface area (Å²) >= 11 is 0. The molecule has 10 nitrogen and oxygen atoms in total. The minimum absolute atomic E-state index is 0.0509. The third-order valence-electron chi connectivity index (χ3n) is 4.88. The lowest BCUT2D eigenvalue weighted by atomic mass is 10.1. The van der Waals surface area contributed by atoms with Crippen LogP contribution in [0.5, 0.6) is 0 Å². The number of aromatic nitrogens is 6. The number of carbonyl (C=O) groups excluding carboxylic acids is 2. The van der Waals surface area contributed by atoms with Crippen LogP contribution in [0.2, 0.25) is 0 Å². The van der Waals surface area contributed by atoms with E-state index in [4.69, 9.17) is 0 Å². The molecule has 0 aliphatic rings. The molecule has 0 saturated carbocycles. The van der Waals surface area contributed by atoms with E-state index >= 15 is 0 Å². The van der Waals surface area contributed by atoms with Crippen molar-refractivity contribution in [2.45, 2.75) is 19.5 Å². The Bertz CT molecular complexity index is 1240. The molecule has 2 aromatic carbocycles. The molecule has 0 unspecified atom stereocenters. The Morgan fingerprint density at radius 1 is 1.00 bits per heavy atom. The van der Waals surface area contributed by atoms with Gasteiger partial charge in [0.05, 0.1) is 6.04 Å². The Balaban J connectivity index is 1.37. The third kappa shape index (κ3) is 5.39. The van der Waals surface area contributed by atoms with Crippen molar-refractivity contribution >= 4 is 11.8 Å². The van der Waals surface area contributed by atoms with Gasteiger partial charge in [0.25, 0.3) is 11.8 Å². The maximum Gasteiger partial charge on any atom is 0.270 e. The number of tetrazole rings is 1. The van der Waals surface area contributed by atoms with Gasteiger partial charge >= 0.3 is 0 Å². The SMILES string of the molecule is C[C@H](NC(=O)c1cc(C(=O)NCc2ccc(F)cc2)ncn1)c1ccc(-c2nnn[nH]2)cc1. The maximum absolute atomic E-state index is 13.0. The molecule has 33 heavy (non-hydrogen) atoms. The standard InChI is InChI=1S/C22H19FN8O2/c1-13(15-4-6-16(7-5-15)20-28-30-31-29-20)27-22(33)19-10-18(25-12-26-19)21(32)24-11-14-2-8-17(23)9-3-14/h2-10,12-13H,11H2,1H3,(H,24,32)(H,27,33)(H,28,29,30,31)/t13-/m0/s1. The van der Waals surface area contributed by atoms with Crippen molar-refractivity contribution in [3.63, 3.8) is 0 Å². The summed E-state index contributed by atoms with van der Waals surface area (Å²) in [5.41, 5.74) is 2.53. The monoisotopic (exact) mass is 446 g/mol. The Morgan fingerprint density at radius 3 is 2.36 bits per heavy atom. The summed E-state index contributed by atoms with van der Waals surface area (Å²) in [6.07, 6.45) is 1.16. The zero-order valence-corrected chi connectivity index (χ0v) is 17.5. The van der Waals surface area contributed by atoms with Crippen LogP contribution in [0.4, 0.5) is 4.39 Å². The molecule has 0 aliphatic carbocycles. The van der Waals surface area contributed by atoms with Gasteiger partial charge in [0.15, 0.2) is 5.82 Å². The van der Waals surface area contributed by atoms with E-state index in [1.54, 1.807) is 12.1 Å². The summed E-state index contributed by atoms with van der Waals surface area (Å²) in [6.45, 7) is 2.03. The maximum atomic E-state index is 13.0. The highest BCUT2D eigenvalue weighted by Gasteiger charge is 2.16. The van der Waals surface area contributed by atoms with Crippen molar-refractivity contribution in [3.05, 3.63) is 89.3 Å². The van der Waals surface area contributed by atoms with E-state index in [2.05, 4.69) is 41.2 Å². The fourth-order valence-electron chi connectivity index (χ4n) is 3.05. The van der Waals surface area contributed by atoms with Crippen LogP contribution < -0.4 is 10.6 Å². The Labute approximate surface area is 187 Å². The molecule has 4 aromatic rings. The number of nitrogens with one attached hydrogen (secondary N) is 3. The van der Waals surface area contributed by atoms with E-state index in [0.717, 1.165) is 23.0 Å². The van der Waals surface area contributed by atoms with Crippen molar-refractivity contribution in [2.75, 3.05) is 0 Å². The number of rotatable bonds is 7. The second-order valence-corrected chi connectivity index (χ2v) is 7.16. The normalized spacial score (nSPS) is 11.6. The molecule has 0 radical (unpaired) electrons. The minimum atomic E-state index is -0.471. The molecule has 3 N–H and O–H groups in total. The lowest BCUT2D eigenvalue weighted by Crippen LogP contribution is -2.29. The molecule has 0 spiro atoms. The van der Waals surface area contributed by atoms with Crippen LogP contribution in [0.25, 0.3) is 11.4 Å². The number of carbonyl (C=O) groups is 2. The first kappa shape index (κ1) is 21.7. The summed E-state index contributed by atoms with van der Waals surface area (Å²) in [7, 11) is 0. The molecular weight excluding hydrogens is 427 g/mol. The van der Waals surface area contributed by atoms with Gasteiger partial charge in [-0.05, 0) is 40.6 Å². The van der Waals surface area contributed by atoms with E-state index in [-0.39, 0.29) is 29.8 Å². The van der Waals surface area contributed by atoms with Gasteiger partial charge in [-0.3, -0.25) is 9.59 Å². The molecule has 11 heteroatoms. The zero-order valence-electron chi connectivity index (χ0n) is 17.5. The molecule has 4 rings (SSSR count). The van der Waals surface area contributed by atoms with Crippen LogP contribution in [0.1, 0.15) is 45.1 Å². The highest BCUT2D eigenvalue weighted by molar-refractivity contribution is 5.97. The molecule has 0 aliphatic heterocycles. The molecule has 2 aromatic heterocycles. The molecule has 2 heterocycles. The van der Waals surface area contributed by atoms with Crippen LogP contribution in [0.3, 0.4) is 0 Å². The number of H-pyrrole nitrogens is 1. The number of aromatic amines is 1. The average Bonchev–Trinajstić information content (AvgIpc) is 3.39. The van der Waals surface area contributed by atoms with E-state index < -0.39 is 11.8 Å². The van der Waals surface area contributed by atoms with E-state index in [9.17, 15) is 14.0 Å². The summed E-state index contributed by atoms with van der Waals surface area (Å²) in [5.74, 6) is -0.722. The molecule has 166 valence electrons. The topological polar surface area (TPSA) is 138 Å². The second-order valence-electron chi connectivity index (χ2n) is 7.16. The van der Waals surface area contributed by atoms with Crippen molar-refractivity contribution in [1.29, 1.82) is 0 Å². The molecule has 0 fully saturated rings. The molecule has 1 atom stereocenters. The lowest BCUT2D eigenvalue weighted by Gasteiger charge is -2.14. The smallest absolute Gasteiger partial charge is 0.270 e. The predicted molar refractivity (Wildman–Crippen MR) is 115 cm³/mol. The van der Waals surface area contributed by atoms with Crippen molar-refractivity contribution in [1.82, 2.24) is 41.2 Å². The van der Waals surface area contributed by atoms with Gasteiger partial charge in [0, 0.05) is 18.2 Å². The second kappa shape index (κ2) is 9.73. The summed E-state index contributed by atoms with van der Waals surface area (Å²) < 4.78 is 13.0. The van der Waals surface area contributed by atoms with Gasteiger partial charge in [-0.1, -0.05) is 36.4 Å². The van der Waals surface area contributed by atoms with Gasteiger partial charge in [-0.15, -0.1) is 5.10 Å². The number of nitrogens with zero attached hydrogens (tertiary/aromatic N) is 5. The van der Waals surface area contributed by atoms with Crippen LogP contribution in [0.15, 0.2) is 60.9 Å². The highest BCUT2D eigenvalue weighted by Crippen LogP contribution is 2.18. The van der Waals surface area contributed by atoms with E-state index in [0.29, 0.717) is 5.82 Å². The van der Waals surface area contributed by atoms with Crippen LogP contribution >= 0.6 is 0 Å². The Morgan fingerprint density at radius 2 is 1.70 bits per heavy atom. The van der Waals surface area contributed by atoms with Gasteiger partial charge < -0.3 is 10.6 Å². The first-order valence-electron chi connectivity index (χ1n) is 9.99. The van der Waals surface area contributed by atoms with Crippen molar-refractivity contribution < 1.29 is 14.0 Å². The number of benzene rings is 2. The lowest BCUT2D eigenvalue weighted by molar-refractivity contribution is 0.0934. The van der Waals surface area contributed by atoms with Gasteiger partial charge in [-0.25, -0.2) is 19.5 Å².